The third kappa shape index (κ3) is 3.33. The smallest absolute Gasteiger partial charge is 0.180 e. The molecular formula is C20H17O2PS. The van der Waals surface area contributed by atoms with Gasteiger partial charge in [-0.1, -0.05) is 91.0 Å². The molecule has 0 saturated carbocycles. The lowest BCUT2D eigenvalue weighted by Gasteiger charge is -2.20. The van der Waals surface area contributed by atoms with Crippen LogP contribution in [0.25, 0.3) is 0 Å². The monoisotopic (exact) mass is 352 g/mol. The average molecular weight is 352 g/mol. The quantitative estimate of drug-likeness (QED) is 0.519. The van der Waals surface area contributed by atoms with Crippen LogP contribution >= 0.6 is 7.14 Å². The van der Waals surface area contributed by atoms with Crippen molar-refractivity contribution in [3.05, 3.63) is 96.6 Å². The first-order valence-corrected chi connectivity index (χ1v) is 10.1. The van der Waals surface area contributed by atoms with Gasteiger partial charge in [0.15, 0.2) is 7.14 Å². The van der Waals surface area contributed by atoms with Gasteiger partial charge in [0.25, 0.3) is 0 Å². The molecule has 3 rings (SSSR count). The van der Waals surface area contributed by atoms with Crippen LogP contribution in [0.2, 0.25) is 0 Å². The number of hydrogen-bond donors (Lipinski definition) is 0. The molecule has 4 heteroatoms. The minimum atomic E-state index is -3.13. The molecule has 0 spiro atoms. The van der Waals surface area contributed by atoms with Gasteiger partial charge in [0.2, 0.25) is 0 Å². The molecule has 0 N–H and O–H groups in total. The Morgan fingerprint density at radius 2 is 1.12 bits per heavy atom. The molecule has 0 atom stereocenters. The van der Waals surface area contributed by atoms with Gasteiger partial charge in [-0.2, -0.15) is 0 Å². The van der Waals surface area contributed by atoms with Crippen molar-refractivity contribution in [1.29, 1.82) is 0 Å². The van der Waals surface area contributed by atoms with E-state index in [2.05, 4.69) is 0 Å². The zero-order chi connectivity index (χ0) is 16.8. The summed E-state index contributed by atoms with van der Waals surface area (Å²) in [4.78, 5) is 0. The minimum Gasteiger partial charge on any atom is -0.308 e. The molecule has 0 radical (unpaired) electrons. The highest BCUT2D eigenvalue weighted by Crippen LogP contribution is 2.45. The Hall–Kier alpha value is -2.22. The molecule has 0 saturated heterocycles. The van der Waals surface area contributed by atoms with Gasteiger partial charge in [-0.25, -0.2) is 4.21 Å². The van der Waals surface area contributed by atoms with E-state index in [1.807, 2.05) is 91.0 Å². The standard InChI is InChI=1S/C20H17O2PS/c21-23(18-12-6-2-7-13-18,19-14-8-3-9-15-19)20(24-22)16-17-10-4-1-5-11-17/h1-15H,16H2. The van der Waals surface area contributed by atoms with Crippen LogP contribution in [-0.2, 0) is 22.2 Å². The average Bonchev–Trinajstić information content (AvgIpc) is 2.67. The molecule has 0 aliphatic carbocycles. The normalized spacial score (nSPS) is 11.0. The summed E-state index contributed by atoms with van der Waals surface area (Å²) < 4.78 is 26.5. The Labute approximate surface area is 145 Å². The van der Waals surface area contributed by atoms with Crippen molar-refractivity contribution in [2.45, 2.75) is 6.42 Å². The molecule has 3 aromatic rings. The van der Waals surface area contributed by atoms with Gasteiger partial charge in [-0.3, -0.25) is 0 Å². The van der Waals surface area contributed by atoms with Crippen molar-refractivity contribution in [3.8, 4) is 0 Å². The topological polar surface area (TPSA) is 34.1 Å². The van der Waals surface area contributed by atoms with Crippen molar-refractivity contribution in [2.24, 2.45) is 0 Å². The van der Waals surface area contributed by atoms with Crippen LogP contribution in [0.4, 0.5) is 0 Å². The predicted molar refractivity (Wildman–Crippen MR) is 103 cm³/mol. The first kappa shape index (κ1) is 16.6. The Morgan fingerprint density at radius 1 is 0.708 bits per heavy atom. The van der Waals surface area contributed by atoms with Crippen LogP contribution in [-0.4, -0.2) is 8.81 Å². The van der Waals surface area contributed by atoms with E-state index in [4.69, 9.17) is 0 Å². The first-order chi connectivity index (χ1) is 11.7. The maximum absolute atomic E-state index is 14.1. The molecule has 0 amide bonds. The van der Waals surface area contributed by atoms with E-state index in [0.29, 0.717) is 32.9 Å². The number of rotatable bonds is 5. The van der Waals surface area contributed by atoms with Crippen molar-refractivity contribution in [1.82, 2.24) is 0 Å². The van der Waals surface area contributed by atoms with E-state index in [0.717, 1.165) is 5.56 Å². The van der Waals surface area contributed by atoms with Crippen molar-refractivity contribution in [2.75, 3.05) is 0 Å². The summed E-state index contributed by atoms with van der Waals surface area (Å²) >= 11 is 0.365. The Bertz CT molecular complexity index is 859. The Morgan fingerprint density at radius 3 is 1.54 bits per heavy atom. The summed E-state index contributed by atoms with van der Waals surface area (Å²) in [5.41, 5.74) is 0.989. The summed E-state index contributed by atoms with van der Waals surface area (Å²) in [6, 6.07) is 28.3. The lowest BCUT2D eigenvalue weighted by Crippen LogP contribution is -2.23. The van der Waals surface area contributed by atoms with Crippen LogP contribution < -0.4 is 10.6 Å². The molecule has 0 unspecified atom stereocenters. The van der Waals surface area contributed by atoms with Gasteiger partial charge in [0.1, 0.15) is 0 Å². The van der Waals surface area contributed by atoms with Gasteiger partial charge in [-0.05, 0) is 5.56 Å². The zero-order valence-electron chi connectivity index (χ0n) is 13.0. The molecule has 24 heavy (non-hydrogen) atoms. The molecule has 0 bridgehead atoms. The summed E-state index contributed by atoms with van der Waals surface area (Å²) in [6.45, 7) is 0. The van der Waals surface area contributed by atoms with E-state index < -0.39 is 7.14 Å². The SMILES string of the molecule is O=S=C(Cc1ccccc1)P(=O)(c1ccccc1)c1ccccc1. The minimum absolute atomic E-state index is 0.365. The highest BCUT2D eigenvalue weighted by Gasteiger charge is 2.33. The highest BCUT2D eigenvalue weighted by atomic mass is 32.1. The second-order valence-corrected chi connectivity index (χ2v) is 9.17. The fourth-order valence-electron chi connectivity index (χ4n) is 2.68. The third-order valence-electron chi connectivity index (χ3n) is 3.89. The molecular weight excluding hydrogens is 335 g/mol. The van der Waals surface area contributed by atoms with Crippen LogP contribution in [0, 0.1) is 0 Å². The van der Waals surface area contributed by atoms with Crippen LogP contribution in [0.3, 0.4) is 0 Å². The van der Waals surface area contributed by atoms with E-state index in [1.54, 1.807) is 0 Å². The maximum Gasteiger partial charge on any atom is 0.180 e. The first-order valence-electron chi connectivity index (χ1n) is 7.66. The van der Waals surface area contributed by atoms with Gasteiger partial charge < -0.3 is 4.57 Å². The fourth-order valence-corrected chi connectivity index (χ4v) is 6.42. The van der Waals surface area contributed by atoms with Gasteiger partial charge in [0, 0.05) is 17.0 Å². The number of hydrogen-bond acceptors (Lipinski definition) is 2. The summed E-state index contributed by atoms with van der Waals surface area (Å²) in [7, 11) is -3.13. The molecule has 0 aliphatic rings. The molecule has 0 fully saturated rings. The van der Waals surface area contributed by atoms with Crippen LogP contribution in [0.15, 0.2) is 91.0 Å². The van der Waals surface area contributed by atoms with Crippen molar-refractivity contribution in [3.63, 3.8) is 0 Å². The molecule has 0 aliphatic heterocycles. The summed E-state index contributed by atoms with van der Waals surface area (Å²) in [6.07, 6.45) is 0.399. The second kappa shape index (κ2) is 7.57. The van der Waals surface area contributed by atoms with Gasteiger partial charge in [0.05, 0.1) is 15.9 Å². The molecule has 3 aromatic carbocycles. The van der Waals surface area contributed by atoms with Gasteiger partial charge in [-0.15, -0.1) is 0 Å². The predicted octanol–water partition coefficient (Wildman–Crippen LogP) is 3.59. The van der Waals surface area contributed by atoms with Crippen LogP contribution in [0.5, 0.6) is 0 Å². The van der Waals surface area contributed by atoms with E-state index in [1.165, 1.54) is 0 Å². The highest BCUT2D eigenvalue weighted by molar-refractivity contribution is 8.03. The lowest BCUT2D eigenvalue weighted by atomic mass is 10.2. The summed E-state index contributed by atoms with van der Waals surface area (Å²) in [5, 5.41) is 1.40. The largest absolute Gasteiger partial charge is 0.308 e. The zero-order valence-corrected chi connectivity index (χ0v) is 14.8. The lowest BCUT2D eigenvalue weighted by molar-refractivity contribution is 0.593. The van der Waals surface area contributed by atoms with E-state index in [-0.39, 0.29) is 0 Å². The van der Waals surface area contributed by atoms with E-state index >= 15 is 0 Å². The third-order valence-corrected chi connectivity index (χ3v) is 8.13. The maximum atomic E-state index is 14.1. The fraction of sp³-hybridized carbons (Fsp3) is 0.0500. The molecule has 0 aromatic heterocycles. The molecule has 2 nitrogen and oxygen atoms in total. The van der Waals surface area contributed by atoms with Crippen molar-refractivity contribution >= 4 is 33.6 Å². The van der Waals surface area contributed by atoms with Gasteiger partial charge >= 0.3 is 0 Å². The second-order valence-electron chi connectivity index (χ2n) is 5.42. The Balaban J connectivity index is 2.15. The van der Waals surface area contributed by atoms with Crippen molar-refractivity contribution < 1.29 is 8.77 Å². The Kier molecular flexibility index (Phi) is 5.24. The summed E-state index contributed by atoms with van der Waals surface area (Å²) in [5.74, 6) is 0. The van der Waals surface area contributed by atoms with Crippen LogP contribution in [0.1, 0.15) is 5.56 Å². The molecule has 120 valence electrons. The molecule has 0 heterocycles. The number of benzene rings is 3. The van der Waals surface area contributed by atoms with E-state index in [9.17, 15) is 8.77 Å².